The van der Waals surface area contributed by atoms with Gasteiger partial charge in [-0.1, -0.05) is 50.2 Å². The molecule has 0 spiro atoms. The van der Waals surface area contributed by atoms with E-state index in [1.54, 1.807) is 60.7 Å². The van der Waals surface area contributed by atoms with Crippen LogP contribution in [0.5, 0.6) is 5.75 Å². The first-order valence-corrected chi connectivity index (χ1v) is 19.0. The third-order valence-electron chi connectivity index (χ3n) is 5.46. The number of hydrogen-bond donors (Lipinski definition) is 2. The van der Waals surface area contributed by atoms with Gasteiger partial charge >= 0.3 is 88.7 Å². The minimum absolute atomic E-state index is 0. The molecule has 0 saturated heterocycles. The second kappa shape index (κ2) is 25.1. The fourth-order valence-electron chi connectivity index (χ4n) is 3.51. The van der Waals surface area contributed by atoms with Crippen molar-refractivity contribution in [3.8, 4) is 5.75 Å². The fraction of sp³-hybridized carbons (Fsp3) is 0.185. The van der Waals surface area contributed by atoms with Crippen molar-refractivity contribution in [3.63, 3.8) is 0 Å². The number of nitrogens with zero attached hydrogens (tertiary/aromatic N) is 4. The van der Waals surface area contributed by atoms with E-state index in [4.69, 9.17) is 5.73 Å². The molecule has 0 amide bonds. The van der Waals surface area contributed by atoms with Gasteiger partial charge < -0.3 is 25.2 Å². The molecule has 18 nitrogen and oxygen atoms in total. The van der Waals surface area contributed by atoms with Gasteiger partial charge in [-0.25, -0.2) is 25.3 Å². The molecule has 266 valence electrons. The first-order chi connectivity index (χ1) is 23.0. The summed E-state index contributed by atoms with van der Waals surface area (Å²) in [7, 11) is -13.1. The molecular formula is C27H28N5Na3O13S4. The van der Waals surface area contributed by atoms with Gasteiger partial charge in [-0.05, 0) is 41.8 Å². The molecule has 52 heavy (non-hydrogen) atoms. The Kier molecular flexibility index (Phi) is 25.6. The molecule has 0 radical (unpaired) electrons. The minimum atomic E-state index is -5.07. The molecule has 4 aromatic carbocycles. The monoisotopic (exact) mass is 827 g/mol. The summed E-state index contributed by atoms with van der Waals surface area (Å²) in [5, 5.41) is 40.7. The Morgan fingerprint density at radius 2 is 1.27 bits per heavy atom. The summed E-state index contributed by atoms with van der Waals surface area (Å²) in [4.78, 5) is -0.745. The third-order valence-corrected chi connectivity index (χ3v) is 8.29. The maximum Gasteiger partial charge on any atom is 1.00 e. The second-order valence-corrected chi connectivity index (χ2v) is 14.3. The van der Waals surface area contributed by atoms with E-state index in [1.165, 1.54) is 6.07 Å². The third kappa shape index (κ3) is 18.0. The Morgan fingerprint density at radius 3 is 1.69 bits per heavy atom. The maximum atomic E-state index is 12.0. The summed E-state index contributed by atoms with van der Waals surface area (Å²) in [6.07, 6.45) is 0.910. The molecule has 3 N–H and O–H groups in total. The first kappa shape index (κ1) is 53.0. The molecular weight excluding hydrogens is 800 g/mol. The van der Waals surface area contributed by atoms with Gasteiger partial charge in [-0.3, -0.25) is 9.22 Å². The van der Waals surface area contributed by atoms with Crippen molar-refractivity contribution in [1.29, 1.82) is 0 Å². The van der Waals surface area contributed by atoms with Gasteiger partial charge in [0.15, 0.2) is 5.75 Å². The number of anilines is 1. The van der Waals surface area contributed by atoms with E-state index in [2.05, 4.69) is 34.0 Å². The standard InChI is InChI=1S/C22H17N5O7S2.C3H8O6S2.C2H6.3Na/c23-19-18-13(12-17(36(30,31)32)21(19)27-25-15-9-5-2-6-10-15)11-16(35-34-33-29)20(22(18)28)26-24-14-7-3-1-4-8-14;1-10(4,5)3-2-9-11(6,7)8;1-2;;;/h1-12,28-29H,23H2,(H,30,31,32);2-3H2,1H3,(H,6,7,8);1-2H3;;;/q;;;3*+1/p-3. The summed E-state index contributed by atoms with van der Waals surface area (Å²) in [6.45, 7) is 3.38. The molecule has 0 saturated carbocycles. The van der Waals surface area contributed by atoms with Crippen LogP contribution in [-0.2, 0) is 43.9 Å². The van der Waals surface area contributed by atoms with E-state index in [0.717, 1.165) is 12.3 Å². The quantitative estimate of drug-likeness (QED) is 0.0199. The summed E-state index contributed by atoms with van der Waals surface area (Å²) >= 11 is 0.383. The Balaban J connectivity index is 0. The Bertz CT molecular complexity index is 2080. The molecule has 0 atom stereocenters. The number of phenols is 1. The van der Waals surface area contributed by atoms with Crippen molar-refractivity contribution in [2.75, 3.05) is 24.3 Å². The van der Waals surface area contributed by atoms with Crippen molar-refractivity contribution >= 4 is 81.6 Å². The number of rotatable bonds is 12. The van der Waals surface area contributed by atoms with Gasteiger partial charge in [0.2, 0.25) is 10.4 Å². The molecule has 0 aliphatic carbocycles. The fourth-order valence-corrected chi connectivity index (χ4v) is 5.44. The molecule has 4 aromatic rings. The van der Waals surface area contributed by atoms with E-state index in [0.29, 0.717) is 23.4 Å². The van der Waals surface area contributed by atoms with Crippen LogP contribution in [0, 0.1) is 0 Å². The van der Waals surface area contributed by atoms with Crippen LogP contribution in [0.3, 0.4) is 0 Å². The van der Waals surface area contributed by atoms with Gasteiger partial charge in [-0.15, -0.1) is 10.2 Å². The molecule has 0 aliphatic heterocycles. The number of sulfone groups is 1. The van der Waals surface area contributed by atoms with E-state index in [9.17, 15) is 44.7 Å². The van der Waals surface area contributed by atoms with Crippen LogP contribution in [0.2, 0.25) is 0 Å². The second-order valence-electron chi connectivity index (χ2n) is 8.91. The van der Waals surface area contributed by atoms with Crippen LogP contribution in [0.1, 0.15) is 13.8 Å². The van der Waals surface area contributed by atoms with Crippen LogP contribution in [0.25, 0.3) is 10.8 Å². The largest absolute Gasteiger partial charge is 1.00 e. The SMILES string of the molecule is CC.CS(=O)(=O)CCOS(=O)(=O)[O-].Nc1c(N=Nc2ccccc2)c(S(=O)(=O)[O-])cc2cc(SOO[O-])c(N=Nc3ccccc3)c(O)c12.[Na+].[Na+].[Na+]. The smallest absolute Gasteiger partial charge is 0.744 e. The van der Waals surface area contributed by atoms with Crippen molar-refractivity contribution in [2.45, 2.75) is 23.6 Å². The van der Waals surface area contributed by atoms with Gasteiger partial charge in [0, 0.05) is 6.26 Å². The number of azo groups is 2. The van der Waals surface area contributed by atoms with Crippen LogP contribution in [-0.4, -0.2) is 58.1 Å². The van der Waals surface area contributed by atoms with Gasteiger partial charge in [-0.2, -0.15) is 14.6 Å². The number of benzene rings is 4. The molecule has 0 aliphatic rings. The number of phenolic OH excluding ortho intramolecular Hbond substituents is 1. The zero-order valence-corrected chi connectivity index (χ0v) is 38.0. The average molecular weight is 828 g/mol. The molecule has 4 rings (SSSR count). The van der Waals surface area contributed by atoms with Crippen LogP contribution in [0.4, 0.5) is 28.4 Å². The zero-order valence-electron chi connectivity index (χ0n) is 28.7. The van der Waals surface area contributed by atoms with Crippen molar-refractivity contribution < 1.29 is 147 Å². The van der Waals surface area contributed by atoms with Crippen molar-refractivity contribution in [1.82, 2.24) is 0 Å². The van der Waals surface area contributed by atoms with E-state index < -0.39 is 59.0 Å². The molecule has 0 fully saturated rings. The number of nitrogens with two attached hydrogens (primary N) is 1. The predicted octanol–water partition coefficient (Wildman–Crippen LogP) is -4.36. The zero-order chi connectivity index (χ0) is 36.8. The Labute approximate surface area is 371 Å². The summed E-state index contributed by atoms with van der Waals surface area (Å²) in [5.74, 6) is -1.01. The van der Waals surface area contributed by atoms with E-state index in [-0.39, 0.29) is 116 Å². The normalized spacial score (nSPS) is 11.3. The van der Waals surface area contributed by atoms with E-state index in [1.807, 2.05) is 13.8 Å². The average Bonchev–Trinajstić information content (AvgIpc) is 3.03. The summed E-state index contributed by atoms with van der Waals surface area (Å²) < 4.78 is 94.0. The van der Waals surface area contributed by atoms with Gasteiger partial charge in [0.25, 0.3) is 0 Å². The number of hydrogen-bond acceptors (Lipinski definition) is 19. The molecule has 0 aromatic heterocycles. The Hall–Kier alpha value is -1.10. The molecule has 0 unspecified atom stereocenters. The molecule has 25 heteroatoms. The number of aromatic hydroxyl groups is 1. The van der Waals surface area contributed by atoms with Gasteiger partial charge in [0.1, 0.15) is 31.3 Å². The van der Waals surface area contributed by atoms with E-state index >= 15 is 0 Å². The predicted molar refractivity (Wildman–Crippen MR) is 174 cm³/mol. The maximum absolute atomic E-state index is 12.0. The first-order valence-electron chi connectivity index (χ1n) is 13.4. The van der Waals surface area contributed by atoms with Crippen LogP contribution >= 0.6 is 12.0 Å². The van der Waals surface area contributed by atoms with Gasteiger partial charge in [0.05, 0.1) is 56.6 Å². The summed E-state index contributed by atoms with van der Waals surface area (Å²) in [6, 6.07) is 19.2. The van der Waals surface area contributed by atoms with Crippen LogP contribution < -0.4 is 99.7 Å². The topological polar surface area (TPSA) is 295 Å². The number of nitrogen functional groups attached to an aromatic ring is 1. The number of fused-ring (bicyclic) bond motifs is 1. The Morgan fingerprint density at radius 1 is 0.788 bits per heavy atom. The van der Waals surface area contributed by atoms with Crippen LogP contribution in [0.15, 0.2) is 103 Å². The van der Waals surface area contributed by atoms with Crippen molar-refractivity contribution in [3.05, 3.63) is 72.8 Å². The van der Waals surface area contributed by atoms with Crippen molar-refractivity contribution in [2.24, 2.45) is 20.5 Å². The molecule has 0 heterocycles. The summed E-state index contributed by atoms with van der Waals surface area (Å²) in [5.41, 5.74) is 6.07. The molecule has 0 bridgehead atoms. The minimum Gasteiger partial charge on any atom is -0.744 e.